The van der Waals surface area contributed by atoms with Crippen molar-refractivity contribution in [2.75, 3.05) is 13.2 Å². The summed E-state index contributed by atoms with van der Waals surface area (Å²) < 4.78 is 19.9. The molecule has 1 aliphatic heterocycles. The first-order valence-electron chi connectivity index (χ1n) is 14.6. The van der Waals surface area contributed by atoms with Crippen molar-refractivity contribution in [3.05, 3.63) is 24.3 Å². The fourth-order valence-electron chi connectivity index (χ4n) is 9.28. The van der Waals surface area contributed by atoms with Crippen LogP contribution in [-0.4, -0.2) is 33.4 Å². The Morgan fingerprint density at radius 3 is 2.43 bits per heavy atom. The van der Waals surface area contributed by atoms with Gasteiger partial charge in [-0.2, -0.15) is 0 Å². The van der Waals surface area contributed by atoms with E-state index in [-0.39, 0.29) is 16.2 Å². The van der Waals surface area contributed by atoms with Crippen LogP contribution in [0, 0.1) is 40.4 Å². The van der Waals surface area contributed by atoms with Crippen LogP contribution in [0.15, 0.2) is 24.3 Å². The minimum Gasteiger partial charge on any atom is -0.414 e. The maximum Gasteiger partial charge on any atom is 0.192 e. The van der Waals surface area contributed by atoms with Crippen LogP contribution >= 0.6 is 0 Å². The molecule has 198 valence electrons. The molecule has 5 aliphatic rings. The highest BCUT2D eigenvalue weighted by Gasteiger charge is 2.68. The third-order valence-corrected chi connectivity index (χ3v) is 16.7. The van der Waals surface area contributed by atoms with E-state index in [4.69, 9.17) is 13.9 Å². The molecule has 35 heavy (non-hydrogen) atoms. The Balaban J connectivity index is 1.40. The number of fused-ring (bicyclic) bond motifs is 5. The van der Waals surface area contributed by atoms with Gasteiger partial charge in [-0.3, -0.25) is 0 Å². The lowest BCUT2D eigenvalue weighted by molar-refractivity contribution is -0.201. The van der Waals surface area contributed by atoms with E-state index in [0.717, 1.165) is 37.9 Å². The Morgan fingerprint density at radius 2 is 1.80 bits per heavy atom. The van der Waals surface area contributed by atoms with Crippen molar-refractivity contribution in [2.24, 2.45) is 40.4 Å². The van der Waals surface area contributed by atoms with Gasteiger partial charge in [0, 0.05) is 18.4 Å². The topological polar surface area (TPSA) is 27.7 Å². The average molecular weight is 501 g/mol. The van der Waals surface area contributed by atoms with Gasteiger partial charge in [0.05, 0.1) is 13.2 Å². The first kappa shape index (κ1) is 26.2. The SMILES string of the molecule is C=C[C@@H](C)[C@H]1C2(CC3C4CC=C5C[C@@H](O[Si](C)(C)C(C)(C)C)CC[C@]5(C)C4CC[C@@]31C)OCCO2. The molecule has 3 unspecified atom stereocenters. The molecule has 0 aromatic heterocycles. The number of ether oxygens (including phenoxy) is 2. The zero-order valence-electron chi connectivity index (χ0n) is 23.9. The van der Waals surface area contributed by atoms with E-state index in [1.165, 1.54) is 32.1 Å². The fourth-order valence-corrected chi connectivity index (χ4v) is 10.7. The molecule has 4 heteroatoms. The van der Waals surface area contributed by atoms with Gasteiger partial charge in [0.2, 0.25) is 0 Å². The molecule has 0 amide bonds. The summed E-state index contributed by atoms with van der Waals surface area (Å²) in [5, 5.41) is 0.273. The molecule has 5 rings (SSSR count). The van der Waals surface area contributed by atoms with Gasteiger partial charge in [0.15, 0.2) is 14.1 Å². The lowest BCUT2D eigenvalue weighted by atomic mass is 9.47. The number of hydrogen-bond donors (Lipinski definition) is 0. The van der Waals surface area contributed by atoms with Crippen molar-refractivity contribution in [1.29, 1.82) is 0 Å². The van der Waals surface area contributed by atoms with Crippen LogP contribution in [0.3, 0.4) is 0 Å². The van der Waals surface area contributed by atoms with E-state index < -0.39 is 8.32 Å². The number of hydrogen-bond acceptors (Lipinski definition) is 3. The summed E-state index contributed by atoms with van der Waals surface area (Å²) in [4.78, 5) is 0. The monoisotopic (exact) mass is 500 g/mol. The summed E-state index contributed by atoms with van der Waals surface area (Å²) in [7, 11) is -1.74. The normalized spacial score (nSPS) is 43.8. The Morgan fingerprint density at radius 1 is 1.11 bits per heavy atom. The third kappa shape index (κ3) is 3.91. The molecule has 0 radical (unpaired) electrons. The molecule has 3 nitrogen and oxygen atoms in total. The van der Waals surface area contributed by atoms with Gasteiger partial charge in [-0.15, -0.1) is 6.58 Å². The largest absolute Gasteiger partial charge is 0.414 e. The molecule has 3 saturated carbocycles. The van der Waals surface area contributed by atoms with Crippen LogP contribution < -0.4 is 0 Å². The molecule has 1 spiro atoms. The molecule has 0 bridgehead atoms. The van der Waals surface area contributed by atoms with Crippen molar-refractivity contribution < 1.29 is 13.9 Å². The smallest absolute Gasteiger partial charge is 0.192 e. The minimum atomic E-state index is -1.74. The molecule has 1 heterocycles. The highest BCUT2D eigenvalue weighted by atomic mass is 28.4. The van der Waals surface area contributed by atoms with E-state index in [1.54, 1.807) is 5.57 Å². The zero-order chi connectivity index (χ0) is 25.4. The summed E-state index contributed by atoms with van der Waals surface area (Å²) in [5.41, 5.74) is 2.32. The quantitative estimate of drug-likeness (QED) is 0.288. The van der Waals surface area contributed by atoms with Gasteiger partial charge in [-0.05, 0) is 91.2 Å². The molecule has 0 N–H and O–H groups in total. The molecule has 0 aromatic rings. The Labute approximate surface area is 216 Å². The lowest BCUT2D eigenvalue weighted by Crippen LogP contribution is -2.52. The molecule has 1 saturated heterocycles. The summed E-state index contributed by atoms with van der Waals surface area (Å²) in [5.74, 6) is 2.63. The van der Waals surface area contributed by atoms with Gasteiger partial charge < -0.3 is 13.9 Å². The van der Waals surface area contributed by atoms with Crippen molar-refractivity contribution in [3.8, 4) is 0 Å². The van der Waals surface area contributed by atoms with Gasteiger partial charge in [0.1, 0.15) is 0 Å². The molecule has 0 aromatic carbocycles. The number of rotatable bonds is 4. The Bertz CT molecular complexity index is 865. The van der Waals surface area contributed by atoms with Crippen LogP contribution in [0.5, 0.6) is 0 Å². The van der Waals surface area contributed by atoms with Crippen LogP contribution in [0.1, 0.15) is 86.5 Å². The van der Waals surface area contributed by atoms with Gasteiger partial charge >= 0.3 is 0 Å². The van der Waals surface area contributed by atoms with Crippen molar-refractivity contribution in [3.63, 3.8) is 0 Å². The van der Waals surface area contributed by atoms with E-state index >= 15 is 0 Å². The zero-order valence-corrected chi connectivity index (χ0v) is 24.9. The van der Waals surface area contributed by atoms with E-state index in [1.807, 2.05) is 0 Å². The maximum absolute atomic E-state index is 6.93. The van der Waals surface area contributed by atoms with Crippen molar-refractivity contribution in [1.82, 2.24) is 0 Å². The van der Waals surface area contributed by atoms with Crippen LogP contribution in [0.4, 0.5) is 0 Å². The molecule has 4 aliphatic carbocycles. The Kier molecular flexibility index (Phi) is 6.40. The van der Waals surface area contributed by atoms with Gasteiger partial charge in [0.25, 0.3) is 0 Å². The molecular formula is C31H52O3Si. The first-order chi connectivity index (χ1) is 16.3. The predicted molar refractivity (Wildman–Crippen MR) is 147 cm³/mol. The van der Waals surface area contributed by atoms with E-state index in [2.05, 4.69) is 73.4 Å². The number of allylic oxidation sites excluding steroid dienone is 2. The second-order valence-corrected chi connectivity index (χ2v) is 19.6. The second kappa shape index (κ2) is 8.54. The van der Waals surface area contributed by atoms with Crippen LogP contribution in [0.2, 0.25) is 18.1 Å². The van der Waals surface area contributed by atoms with Crippen molar-refractivity contribution in [2.45, 2.75) is 117 Å². The van der Waals surface area contributed by atoms with E-state index in [9.17, 15) is 0 Å². The standard InChI is InChI=1S/C31H52O3Si/c1-10-21(2)27-30(7)16-14-25-24(26(30)20-31(27)32-17-18-33-31)12-11-22-19-23(13-15-29(22,25)6)34-35(8,9)28(3,4)5/h10-11,21,23-27H,1,12-20H2,2-9H3/t21-,23+,24?,25?,26?,27-,29+,30+/m1/s1. The molecular weight excluding hydrogens is 448 g/mol. The fraction of sp³-hybridized carbons (Fsp3) is 0.871. The van der Waals surface area contributed by atoms with Gasteiger partial charge in [-0.1, -0.05) is 59.3 Å². The Hall–Kier alpha value is -0.423. The molecule has 4 fully saturated rings. The summed E-state index contributed by atoms with van der Waals surface area (Å²) in [6.07, 6.45) is 13.8. The second-order valence-electron chi connectivity index (χ2n) is 14.8. The lowest BCUT2D eigenvalue weighted by Gasteiger charge is -2.58. The maximum atomic E-state index is 6.93. The minimum absolute atomic E-state index is 0.267. The van der Waals surface area contributed by atoms with Crippen molar-refractivity contribution >= 4 is 8.32 Å². The van der Waals surface area contributed by atoms with Crippen LogP contribution in [0.25, 0.3) is 0 Å². The van der Waals surface area contributed by atoms with Crippen LogP contribution in [-0.2, 0) is 13.9 Å². The summed E-state index contributed by atoms with van der Waals surface area (Å²) >= 11 is 0. The highest BCUT2D eigenvalue weighted by Crippen LogP contribution is 2.70. The first-order valence-corrected chi connectivity index (χ1v) is 17.5. The summed E-state index contributed by atoms with van der Waals surface area (Å²) in [6, 6.07) is 0. The van der Waals surface area contributed by atoms with E-state index in [0.29, 0.717) is 29.3 Å². The molecule has 8 atom stereocenters. The summed E-state index contributed by atoms with van der Waals surface area (Å²) in [6.45, 7) is 25.1. The predicted octanol–water partition coefficient (Wildman–Crippen LogP) is 8.13. The van der Waals surface area contributed by atoms with Gasteiger partial charge in [-0.25, -0.2) is 0 Å². The highest BCUT2D eigenvalue weighted by molar-refractivity contribution is 6.74. The third-order valence-electron chi connectivity index (χ3n) is 12.1. The average Bonchev–Trinajstić information content (AvgIpc) is 3.34.